The number of amides is 3. The summed E-state index contributed by atoms with van der Waals surface area (Å²) in [6.07, 6.45) is 0.373. The van der Waals surface area contributed by atoms with Gasteiger partial charge in [0.25, 0.3) is 0 Å². The van der Waals surface area contributed by atoms with Crippen LogP contribution in [0.25, 0.3) is 0 Å². The summed E-state index contributed by atoms with van der Waals surface area (Å²) in [5.41, 5.74) is 4.89. The highest BCUT2D eigenvalue weighted by Crippen LogP contribution is 2.25. The van der Waals surface area contributed by atoms with E-state index in [0.717, 1.165) is 4.90 Å². The lowest BCUT2D eigenvalue weighted by Crippen LogP contribution is -2.58. The third kappa shape index (κ3) is 2.30. The van der Waals surface area contributed by atoms with Gasteiger partial charge < -0.3 is 11.1 Å². The van der Waals surface area contributed by atoms with Crippen LogP contribution in [0, 0.1) is 0 Å². The lowest BCUT2D eigenvalue weighted by molar-refractivity contribution is -0.140. The van der Waals surface area contributed by atoms with Gasteiger partial charge in [-0.25, -0.2) is 0 Å². The normalized spacial score (nSPS) is 18.1. The quantitative estimate of drug-likeness (QED) is 0.724. The molecule has 1 unspecified atom stereocenters. The lowest BCUT2D eigenvalue weighted by Gasteiger charge is -2.33. The number of likely N-dealkylation sites (tertiary alicyclic amines) is 1. The molecular weight excluding hydrogens is 258 g/mol. The van der Waals surface area contributed by atoms with Crippen LogP contribution in [0.2, 0.25) is 0 Å². The highest BCUT2D eigenvalue weighted by molar-refractivity contribution is 6.02. The third-order valence-electron chi connectivity index (χ3n) is 3.66. The van der Waals surface area contributed by atoms with E-state index in [4.69, 9.17) is 5.73 Å². The van der Waals surface area contributed by atoms with Crippen LogP contribution >= 0.6 is 0 Å². The Labute approximate surface area is 116 Å². The maximum atomic E-state index is 12.0. The van der Waals surface area contributed by atoms with Crippen LogP contribution in [-0.2, 0) is 19.9 Å². The second-order valence-electron chi connectivity index (χ2n) is 4.76. The Morgan fingerprint density at radius 1 is 1.25 bits per heavy atom. The summed E-state index contributed by atoms with van der Waals surface area (Å²) in [5.74, 6) is -1.17. The number of nitrogens with zero attached hydrogens (tertiary/aromatic N) is 1. The van der Waals surface area contributed by atoms with Gasteiger partial charge in [-0.1, -0.05) is 30.3 Å². The summed E-state index contributed by atoms with van der Waals surface area (Å²) in [6.45, 7) is -0.0828. The molecule has 1 aliphatic heterocycles. The fraction of sp³-hybridized carbons (Fsp3) is 0.357. The predicted molar refractivity (Wildman–Crippen MR) is 72.3 cm³/mol. The van der Waals surface area contributed by atoms with Gasteiger partial charge in [0, 0.05) is 12.8 Å². The molecule has 0 bridgehead atoms. The van der Waals surface area contributed by atoms with E-state index in [1.54, 1.807) is 31.3 Å². The van der Waals surface area contributed by atoms with Gasteiger partial charge in [0.15, 0.2) is 0 Å². The molecular formula is C14H17N3O3. The zero-order chi connectivity index (χ0) is 14.8. The average Bonchev–Trinajstić information content (AvgIpc) is 2.76. The van der Waals surface area contributed by atoms with Gasteiger partial charge in [-0.2, -0.15) is 0 Å². The van der Waals surface area contributed by atoms with Crippen LogP contribution in [0.15, 0.2) is 30.3 Å². The number of nitrogens with one attached hydrogen (secondary N) is 1. The van der Waals surface area contributed by atoms with Crippen molar-refractivity contribution in [1.29, 1.82) is 0 Å². The van der Waals surface area contributed by atoms with E-state index in [1.165, 1.54) is 0 Å². The van der Waals surface area contributed by atoms with E-state index in [0.29, 0.717) is 5.56 Å². The molecule has 0 saturated carbocycles. The topological polar surface area (TPSA) is 92.5 Å². The molecule has 6 nitrogen and oxygen atoms in total. The van der Waals surface area contributed by atoms with Crippen LogP contribution in [0.5, 0.6) is 0 Å². The number of primary amides is 1. The average molecular weight is 275 g/mol. The maximum absolute atomic E-state index is 12.0. The van der Waals surface area contributed by atoms with Crippen LogP contribution in [-0.4, -0.2) is 36.2 Å². The van der Waals surface area contributed by atoms with Crippen molar-refractivity contribution >= 4 is 17.7 Å². The molecule has 1 atom stereocenters. The van der Waals surface area contributed by atoms with Crippen LogP contribution in [0.3, 0.4) is 0 Å². The number of likely N-dealkylation sites (N-methyl/N-ethyl adjacent to an activating group) is 1. The number of hydrogen-bond acceptors (Lipinski definition) is 4. The Balaban J connectivity index is 2.40. The van der Waals surface area contributed by atoms with Crippen LogP contribution in [0.1, 0.15) is 18.4 Å². The van der Waals surface area contributed by atoms with Gasteiger partial charge >= 0.3 is 0 Å². The second-order valence-corrected chi connectivity index (χ2v) is 4.76. The number of carbonyl (C=O) groups excluding carboxylic acids is 3. The third-order valence-corrected chi connectivity index (χ3v) is 3.66. The first-order valence-electron chi connectivity index (χ1n) is 6.39. The van der Waals surface area contributed by atoms with Crippen molar-refractivity contribution < 1.29 is 14.4 Å². The monoisotopic (exact) mass is 275 g/mol. The first-order valence-corrected chi connectivity index (χ1v) is 6.39. The fourth-order valence-corrected chi connectivity index (χ4v) is 2.42. The minimum Gasteiger partial charge on any atom is -0.368 e. The first-order chi connectivity index (χ1) is 9.51. The van der Waals surface area contributed by atoms with Gasteiger partial charge in [-0.05, 0) is 12.6 Å². The fourth-order valence-electron chi connectivity index (χ4n) is 2.42. The summed E-state index contributed by atoms with van der Waals surface area (Å²) in [6, 6.07) is 8.85. The number of nitrogens with two attached hydrogens (primary N) is 1. The molecule has 1 aliphatic rings. The Bertz CT molecular complexity index is 528. The van der Waals surface area contributed by atoms with Gasteiger partial charge in [-0.3, -0.25) is 19.3 Å². The van der Waals surface area contributed by atoms with E-state index in [2.05, 4.69) is 5.32 Å². The maximum Gasteiger partial charge on any atom is 0.244 e. The summed E-state index contributed by atoms with van der Waals surface area (Å²) in [7, 11) is 1.59. The van der Waals surface area contributed by atoms with Crippen molar-refractivity contribution in [1.82, 2.24) is 10.2 Å². The van der Waals surface area contributed by atoms with Crippen LogP contribution in [0.4, 0.5) is 0 Å². The highest BCUT2D eigenvalue weighted by atomic mass is 16.2. The molecule has 2 rings (SSSR count). The first kappa shape index (κ1) is 14.2. The number of carbonyl (C=O) groups is 3. The minimum atomic E-state index is -1.27. The highest BCUT2D eigenvalue weighted by Gasteiger charge is 2.43. The van der Waals surface area contributed by atoms with Gasteiger partial charge in [0.05, 0.1) is 6.54 Å². The van der Waals surface area contributed by atoms with E-state index in [-0.39, 0.29) is 31.2 Å². The summed E-state index contributed by atoms with van der Waals surface area (Å²) in [5, 5.41) is 2.88. The zero-order valence-corrected chi connectivity index (χ0v) is 11.3. The van der Waals surface area contributed by atoms with Crippen molar-refractivity contribution in [3.8, 4) is 0 Å². The van der Waals surface area contributed by atoms with E-state index < -0.39 is 11.4 Å². The summed E-state index contributed by atoms with van der Waals surface area (Å²) < 4.78 is 0. The molecule has 106 valence electrons. The number of imide groups is 1. The lowest BCUT2D eigenvalue weighted by atomic mass is 9.88. The standard InChI is InChI=1S/C14H17N3O3/c1-16-14(13(15)20,10-5-3-2-4-6-10)9-17-11(18)7-8-12(17)19/h2-6,16H,7-9H2,1H3,(H2,15,20). The van der Waals surface area contributed by atoms with Gasteiger partial charge in [0.2, 0.25) is 17.7 Å². The molecule has 20 heavy (non-hydrogen) atoms. The molecule has 1 saturated heterocycles. The Hall–Kier alpha value is -2.21. The van der Waals surface area contributed by atoms with Crippen LogP contribution < -0.4 is 11.1 Å². The Morgan fingerprint density at radius 3 is 2.25 bits per heavy atom. The van der Waals surface area contributed by atoms with E-state index in [1.807, 2.05) is 6.07 Å². The number of hydrogen-bond donors (Lipinski definition) is 2. The molecule has 0 radical (unpaired) electrons. The van der Waals surface area contributed by atoms with Crippen molar-refractivity contribution in [3.05, 3.63) is 35.9 Å². The molecule has 0 aliphatic carbocycles. The molecule has 1 heterocycles. The second kappa shape index (κ2) is 5.42. The Kier molecular flexibility index (Phi) is 3.85. The van der Waals surface area contributed by atoms with Crippen molar-refractivity contribution in [2.24, 2.45) is 5.73 Å². The SMILES string of the molecule is CNC(CN1C(=O)CCC1=O)(C(N)=O)c1ccccc1. The molecule has 1 aromatic rings. The Morgan fingerprint density at radius 2 is 1.80 bits per heavy atom. The molecule has 3 N–H and O–H groups in total. The molecule has 0 spiro atoms. The molecule has 1 aromatic carbocycles. The van der Waals surface area contributed by atoms with E-state index in [9.17, 15) is 14.4 Å². The summed E-state index contributed by atoms with van der Waals surface area (Å²) in [4.78, 5) is 36.6. The summed E-state index contributed by atoms with van der Waals surface area (Å²) >= 11 is 0. The number of benzene rings is 1. The zero-order valence-electron chi connectivity index (χ0n) is 11.3. The minimum absolute atomic E-state index is 0.0828. The molecule has 0 aromatic heterocycles. The predicted octanol–water partition coefficient (Wildman–Crippen LogP) is -0.264. The van der Waals surface area contributed by atoms with Gasteiger partial charge in [-0.15, -0.1) is 0 Å². The van der Waals surface area contributed by atoms with Gasteiger partial charge in [0.1, 0.15) is 5.54 Å². The molecule has 1 fully saturated rings. The smallest absolute Gasteiger partial charge is 0.244 e. The van der Waals surface area contributed by atoms with Crippen molar-refractivity contribution in [2.75, 3.05) is 13.6 Å². The van der Waals surface area contributed by atoms with E-state index >= 15 is 0 Å². The number of rotatable bonds is 5. The van der Waals surface area contributed by atoms with Crippen molar-refractivity contribution in [2.45, 2.75) is 18.4 Å². The largest absolute Gasteiger partial charge is 0.368 e. The van der Waals surface area contributed by atoms with Crippen molar-refractivity contribution in [3.63, 3.8) is 0 Å². The molecule has 6 heteroatoms. The molecule has 3 amide bonds.